The number of esters is 1. The van der Waals surface area contributed by atoms with E-state index in [-0.39, 0.29) is 13.0 Å². The Labute approximate surface area is 145 Å². The second-order valence-corrected chi connectivity index (χ2v) is 7.79. The summed E-state index contributed by atoms with van der Waals surface area (Å²) in [6.45, 7) is 2.12. The molecule has 2 heterocycles. The van der Waals surface area contributed by atoms with Crippen molar-refractivity contribution in [2.24, 2.45) is 0 Å². The second kappa shape index (κ2) is 7.27. The number of morpholine rings is 1. The average molecular weight is 373 g/mol. The summed E-state index contributed by atoms with van der Waals surface area (Å²) in [5.74, 6) is -1.52. The molecule has 0 radical (unpaired) electrons. The highest BCUT2D eigenvalue weighted by atomic mass is 32.2. The predicted octanol–water partition coefficient (Wildman–Crippen LogP) is 1.04. The normalized spacial score (nSPS) is 24.4. The highest BCUT2D eigenvalue weighted by Crippen LogP contribution is 2.33. The van der Waals surface area contributed by atoms with Crippen molar-refractivity contribution in [1.82, 2.24) is 0 Å². The molecule has 0 aliphatic carbocycles. The maximum absolute atomic E-state index is 14.5. The molecule has 1 aromatic rings. The Morgan fingerprint density at radius 1 is 1.32 bits per heavy atom. The smallest absolute Gasteiger partial charge is 0.313 e. The average Bonchev–Trinajstić information content (AvgIpc) is 2.94. The number of nitrogens with zero attached hydrogens (tertiary/aromatic N) is 1. The zero-order valence-corrected chi connectivity index (χ0v) is 14.6. The Morgan fingerprint density at radius 2 is 2.04 bits per heavy atom. The Balaban J connectivity index is 1.69. The van der Waals surface area contributed by atoms with Gasteiger partial charge < -0.3 is 14.4 Å². The van der Waals surface area contributed by atoms with Gasteiger partial charge in [-0.2, -0.15) is 8.42 Å². The zero-order valence-electron chi connectivity index (χ0n) is 13.8. The molecule has 2 atom stereocenters. The van der Waals surface area contributed by atoms with Gasteiger partial charge in [0.2, 0.25) is 0 Å². The molecule has 0 N–H and O–H groups in total. The van der Waals surface area contributed by atoms with E-state index in [4.69, 9.17) is 9.47 Å². The van der Waals surface area contributed by atoms with Crippen LogP contribution < -0.4 is 4.90 Å². The Bertz CT molecular complexity index is 747. The van der Waals surface area contributed by atoms with Gasteiger partial charge in [-0.15, -0.1) is 0 Å². The minimum Gasteiger partial charge on any atom is -0.459 e. The van der Waals surface area contributed by atoms with E-state index >= 15 is 0 Å². The van der Waals surface area contributed by atoms with Gasteiger partial charge in [0, 0.05) is 19.5 Å². The first-order chi connectivity index (χ1) is 11.8. The molecule has 138 valence electrons. The largest absolute Gasteiger partial charge is 0.459 e. The van der Waals surface area contributed by atoms with Crippen LogP contribution in [-0.2, 0) is 28.6 Å². The van der Waals surface area contributed by atoms with Gasteiger partial charge >= 0.3 is 5.97 Å². The van der Waals surface area contributed by atoms with E-state index in [2.05, 4.69) is 4.18 Å². The highest BCUT2D eigenvalue weighted by molar-refractivity contribution is 7.85. The number of cyclic esters (lactones) is 1. The van der Waals surface area contributed by atoms with E-state index in [0.29, 0.717) is 37.6 Å². The van der Waals surface area contributed by atoms with Crippen molar-refractivity contribution in [2.75, 3.05) is 44.1 Å². The van der Waals surface area contributed by atoms with Crippen LogP contribution in [0.25, 0.3) is 0 Å². The van der Waals surface area contributed by atoms with Crippen molar-refractivity contribution < 1.29 is 31.3 Å². The molecule has 2 saturated heterocycles. The monoisotopic (exact) mass is 373 g/mol. The lowest BCUT2D eigenvalue weighted by molar-refractivity contribution is -0.143. The van der Waals surface area contributed by atoms with E-state index in [9.17, 15) is 17.6 Å². The molecule has 1 unspecified atom stereocenters. The SMILES string of the molecule is CS(=O)(=O)OCC1C[C@H](c2ccc(N3CCOCC3)c(F)c2)C(=O)O1. The van der Waals surface area contributed by atoms with Crippen LogP contribution in [0.1, 0.15) is 17.9 Å². The molecule has 3 rings (SSSR count). The van der Waals surface area contributed by atoms with Crippen molar-refractivity contribution >= 4 is 21.8 Å². The van der Waals surface area contributed by atoms with Gasteiger partial charge in [-0.3, -0.25) is 8.98 Å². The zero-order chi connectivity index (χ0) is 18.0. The van der Waals surface area contributed by atoms with Crippen LogP contribution in [0.2, 0.25) is 0 Å². The molecule has 0 amide bonds. The molecule has 0 saturated carbocycles. The van der Waals surface area contributed by atoms with Crippen molar-refractivity contribution in [2.45, 2.75) is 18.4 Å². The Hall–Kier alpha value is -1.71. The molecule has 0 spiro atoms. The second-order valence-electron chi connectivity index (χ2n) is 6.15. The predicted molar refractivity (Wildman–Crippen MR) is 87.5 cm³/mol. The number of rotatable bonds is 5. The summed E-state index contributed by atoms with van der Waals surface area (Å²) in [6.07, 6.45) is 0.528. The number of hydrogen-bond donors (Lipinski definition) is 0. The van der Waals surface area contributed by atoms with E-state index in [1.165, 1.54) is 6.07 Å². The molecule has 9 heteroatoms. The van der Waals surface area contributed by atoms with Crippen LogP contribution in [0.3, 0.4) is 0 Å². The first-order valence-electron chi connectivity index (χ1n) is 8.00. The summed E-state index contributed by atoms with van der Waals surface area (Å²) in [5, 5.41) is 0. The third kappa shape index (κ3) is 4.47. The van der Waals surface area contributed by atoms with Crippen LogP contribution in [0.5, 0.6) is 0 Å². The molecule has 1 aromatic carbocycles. The Morgan fingerprint density at radius 3 is 2.68 bits per heavy atom. The van der Waals surface area contributed by atoms with Gasteiger partial charge in [-0.1, -0.05) is 6.07 Å². The van der Waals surface area contributed by atoms with Crippen LogP contribution in [0.15, 0.2) is 18.2 Å². The maximum atomic E-state index is 14.5. The fraction of sp³-hybridized carbons (Fsp3) is 0.562. The van der Waals surface area contributed by atoms with E-state index in [0.717, 1.165) is 6.26 Å². The molecule has 7 nitrogen and oxygen atoms in total. The molecule has 2 aliphatic rings. The lowest BCUT2D eigenvalue weighted by atomic mass is 9.95. The molecule has 0 aromatic heterocycles. The number of carbonyl (C=O) groups is 1. The molecule has 0 bridgehead atoms. The topological polar surface area (TPSA) is 82.1 Å². The van der Waals surface area contributed by atoms with E-state index < -0.39 is 33.9 Å². The number of benzene rings is 1. The lowest BCUT2D eigenvalue weighted by Gasteiger charge is -2.29. The first kappa shape index (κ1) is 18.1. The van der Waals surface area contributed by atoms with E-state index in [1.54, 1.807) is 12.1 Å². The standard InChI is InChI=1S/C16H20FNO6S/c1-25(20,21)23-10-12-9-13(16(19)24-12)11-2-3-15(14(17)8-11)18-4-6-22-7-5-18/h2-3,8,12-13H,4-7,9-10H2,1H3/t12?,13-/m1/s1. The van der Waals surface area contributed by atoms with Crippen molar-refractivity contribution in [3.05, 3.63) is 29.6 Å². The number of hydrogen-bond acceptors (Lipinski definition) is 7. The quantitative estimate of drug-likeness (QED) is 0.563. The van der Waals surface area contributed by atoms with Gasteiger partial charge in [-0.25, -0.2) is 4.39 Å². The van der Waals surface area contributed by atoms with Gasteiger partial charge in [0.15, 0.2) is 0 Å². The van der Waals surface area contributed by atoms with Crippen molar-refractivity contribution in [1.29, 1.82) is 0 Å². The third-order valence-electron chi connectivity index (χ3n) is 4.26. The van der Waals surface area contributed by atoms with Gasteiger partial charge in [0.1, 0.15) is 18.5 Å². The van der Waals surface area contributed by atoms with Crippen LogP contribution in [-0.4, -0.2) is 59.7 Å². The summed E-state index contributed by atoms with van der Waals surface area (Å²) in [4.78, 5) is 13.9. The van der Waals surface area contributed by atoms with Crippen molar-refractivity contribution in [3.63, 3.8) is 0 Å². The minimum absolute atomic E-state index is 0.227. The fourth-order valence-corrected chi connectivity index (χ4v) is 3.43. The van der Waals surface area contributed by atoms with Gasteiger partial charge in [0.05, 0.1) is 31.1 Å². The molecular weight excluding hydrogens is 353 g/mol. The van der Waals surface area contributed by atoms with Crippen molar-refractivity contribution in [3.8, 4) is 0 Å². The molecule has 2 fully saturated rings. The fourth-order valence-electron chi connectivity index (χ4n) is 3.03. The number of carbonyl (C=O) groups excluding carboxylic acids is 1. The Kier molecular flexibility index (Phi) is 5.26. The molecular formula is C16H20FNO6S. The minimum atomic E-state index is -3.60. The molecule has 25 heavy (non-hydrogen) atoms. The van der Waals surface area contributed by atoms with Gasteiger partial charge in [-0.05, 0) is 17.7 Å². The number of halogens is 1. The van der Waals surface area contributed by atoms with E-state index in [1.807, 2.05) is 4.90 Å². The van der Waals surface area contributed by atoms with Crippen LogP contribution >= 0.6 is 0 Å². The lowest BCUT2D eigenvalue weighted by Crippen LogP contribution is -2.36. The number of ether oxygens (including phenoxy) is 2. The van der Waals surface area contributed by atoms with Gasteiger partial charge in [0.25, 0.3) is 10.1 Å². The molecule has 2 aliphatic heterocycles. The van der Waals surface area contributed by atoms with Crippen LogP contribution in [0, 0.1) is 5.82 Å². The first-order valence-corrected chi connectivity index (χ1v) is 9.82. The highest BCUT2D eigenvalue weighted by Gasteiger charge is 2.36. The third-order valence-corrected chi connectivity index (χ3v) is 4.82. The maximum Gasteiger partial charge on any atom is 0.313 e. The summed E-state index contributed by atoms with van der Waals surface area (Å²) in [5.41, 5.74) is 0.997. The summed E-state index contributed by atoms with van der Waals surface area (Å²) in [6, 6.07) is 4.71. The summed E-state index contributed by atoms with van der Waals surface area (Å²) >= 11 is 0. The number of anilines is 1. The van der Waals surface area contributed by atoms with Crippen LogP contribution in [0.4, 0.5) is 10.1 Å². The summed E-state index contributed by atoms with van der Waals surface area (Å²) < 4.78 is 51.6. The summed E-state index contributed by atoms with van der Waals surface area (Å²) in [7, 11) is -3.60.